The van der Waals surface area contributed by atoms with Gasteiger partial charge in [-0.25, -0.2) is 0 Å². The first-order valence-electron chi connectivity index (χ1n) is 9.91. The predicted molar refractivity (Wildman–Crippen MR) is 117 cm³/mol. The molecule has 0 N–H and O–H groups in total. The number of nitrogens with zero attached hydrogens (tertiary/aromatic N) is 3. The van der Waals surface area contributed by atoms with E-state index in [1.165, 1.54) is 21.8 Å². The highest BCUT2D eigenvalue weighted by Gasteiger charge is 2.52. The smallest absolute Gasteiger partial charge is 0.398 e. The van der Waals surface area contributed by atoms with E-state index >= 15 is 0 Å². The summed E-state index contributed by atoms with van der Waals surface area (Å²) < 4.78 is 14.4. The number of pyridine rings is 2. The second-order valence-corrected chi connectivity index (χ2v) is 8.74. The van der Waals surface area contributed by atoms with Crippen LogP contribution in [0.2, 0.25) is 0 Å². The summed E-state index contributed by atoms with van der Waals surface area (Å²) in [6.45, 7) is 8.21. The molecule has 3 aromatic heterocycles. The highest BCUT2D eigenvalue weighted by atomic mass is 16.7. The van der Waals surface area contributed by atoms with Crippen molar-refractivity contribution in [2.45, 2.75) is 38.9 Å². The van der Waals surface area contributed by atoms with Gasteiger partial charge in [-0.1, -0.05) is 18.2 Å². The van der Waals surface area contributed by atoms with Gasteiger partial charge in [-0.2, -0.15) is 0 Å². The third-order valence-electron chi connectivity index (χ3n) is 6.42. The topological polar surface area (TPSA) is 49.2 Å². The van der Waals surface area contributed by atoms with E-state index in [-0.39, 0.29) is 11.2 Å². The van der Waals surface area contributed by atoms with Crippen LogP contribution < -0.4 is 5.59 Å². The molecule has 1 fully saturated rings. The van der Waals surface area contributed by atoms with Gasteiger partial charge in [0, 0.05) is 47.5 Å². The zero-order valence-electron chi connectivity index (χ0n) is 17.4. The maximum atomic E-state index is 6.11. The quantitative estimate of drug-likeness (QED) is 0.488. The van der Waals surface area contributed by atoms with Gasteiger partial charge < -0.3 is 13.9 Å². The fourth-order valence-corrected chi connectivity index (χ4v) is 3.91. The molecular weight excluding hydrogens is 361 g/mol. The predicted octanol–water partition coefficient (Wildman–Crippen LogP) is 4.09. The Labute approximate surface area is 170 Å². The Morgan fingerprint density at radius 3 is 2.24 bits per heavy atom. The largest absolute Gasteiger partial charge is 0.514 e. The summed E-state index contributed by atoms with van der Waals surface area (Å²) in [6.07, 6.45) is 5.66. The maximum Gasteiger partial charge on any atom is 0.514 e. The Bertz CT molecular complexity index is 1210. The van der Waals surface area contributed by atoms with Crippen LogP contribution in [0.5, 0.6) is 0 Å². The van der Waals surface area contributed by atoms with E-state index in [2.05, 4.69) is 79.6 Å². The highest BCUT2D eigenvalue weighted by Crippen LogP contribution is 2.36. The molecule has 1 aromatic carbocycles. The van der Waals surface area contributed by atoms with E-state index in [0.29, 0.717) is 0 Å². The van der Waals surface area contributed by atoms with Gasteiger partial charge >= 0.3 is 7.12 Å². The summed E-state index contributed by atoms with van der Waals surface area (Å²) in [6, 6.07) is 12.6. The molecule has 0 amide bonds. The standard InChI is InChI=1S/C23H24BN3O2/c1-22(2)23(3,4)29-24(28-22)21-9-7-16(13-26-21)15-6-8-17-18-14-25-11-10-19(18)27(5)20(17)12-15/h6-14H,1-5H3. The van der Waals surface area contributed by atoms with Crippen molar-refractivity contribution in [3.63, 3.8) is 0 Å². The van der Waals surface area contributed by atoms with Gasteiger partial charge in [0.25, 0.3) is 0 Å². The average Bonchev–Trinajstić information content (AvgIpc) is 3.11. The summed E-state index contributed by atoms with van der Waals surface area (Å²) in [5, 5.41) is 2.38. The van der Waals surface area contributed by atoms with E-state index in [1.807, 2.05) is 24.7 Å². The molecule has 6 heteroatoms. The number of hydrogen-bond donors (Lipinski definition) is 0. The zero-order chi connectivity index (χ0) is 20.4. The molecule has 0 unspecified atom stereocenters. The van der Waals surface area contributed by atoms with Crippen LogP contribution in [0.3, 0.4) is 0 Å². The van der Waals surface area contributed by atoms with Crippen molar-refractivity contribution in [2.24, 2.45) is 7.05 Å². The lowest BCUT2D eigenvalue weighted by Gasteiger charge is -2.32. The van der Waals surface area contributed by atoms with Gasteiger partial charge in [0.05, 0.1) is 22.3 Å². The number of aromatic nitrogens is 3. The van der Waals surface area contributed by atoms with E-state index in [1.54, 1.807) is 0 Å². The Balaban J connectivity index is 1.50. The van der Waals surface area contributed by atoms with Crippen molar-refractivity contribution in [1.29, 1.82) is 0 Å². The van der Waals surface area contributed by atoms with Crippen molar-refractivity contribution < 1.29 is 9.31 Å². The molecule has 29 heavy (non-hydrogen) atoms. The summed E-state index contributed by atoms with van der Waals surface area (Å²) in [7, 11) is 1.65. The van der Waals surface area contributed by atoms with Crippen molar-refractivity contribution in [3.05, 3.63) is 55.0 Å². The molecule has 0 atom stereocenters. The van der Waals surface area contributed by atoms with E-state index < -0.39 is 7.12 Å². The van der Waals surface area contributed by atoms with Gasteiger partial charge in [0.1, 0.15) is 0 Å². The minimum absolute atomic E-state index is 0.369. The third-order valence-corrected chi connectivity index (χ3v) is 6.42. The number of benzene rings is 1. The van der Waals surface area contributed by atoms with Gasteiger partial charge in [-0.05, 0) is 51.5 Å². The molecular formula is C23H24BN3O2. The van der Waals surface area contributed by atoms with Crippen molar-refractivity contribution in [2.75, 3.05) is 0 Å². The van der Waals surface area contributed by atoms with Gasteiger partial charge in [0.15, 0.2) is 0 Å². The average molecular weight is 385 g/mol. The van der Waals surface area contributed by atoms with Crippen LogP contribution in [0.25, 0.3) is 32.9 Å². The highest BCUT2D eigenvalue weighted by molar-refractivity contribution is 6.61. The van der Waals surface area contributed by atoms with Crippen LogP contribution in [0.4, 0.5) is 0 Å². The van der Waals surface area contributed by atoms with E-state index in [9.17, 15) is 0 Å². The molecule has 1 aliphatic rings. The van der Waals surface area contributed by atoms with Crippen molar-refractivity contribution >= 4 is 34.5 Å². The normalized spacial score (nSPS) is 18.0. The summed E-state index contributed by atoms with van der Waals surface area (Å²) in [5.74, 6) is 0. The van der Waals surface area contributed by atoms with Crippen molar-refractivity contribution in [1.82, 2.24) is 14.5 Å². The Kier molecular flexibility index (Phi) is 3.89. The molecule has 4 heterocycles. The fourth-order valence-electron chi connectivity index (χ4n) is 3.91. The first-order valence-corrected chi connectivity index (χ1v) is 9.91. The first kappa shape index (κ1) is 18.3. The Morgan fingerprint density at radius 1 is 0.828 bits per heavy atom. The number of aryl methyl sites for hydroxylation is 1. The maximum absolute atomic E-state index is 6.11. The van der Waals surface area contributed by atoms with Crippen LogP contribution >= 0.6 is 0 Å². The summed E-state index contributed by atoms with van der Waals surface area (Å²) >= 11 is 0. The zero-order valence-corrected chi connectivity index (χ0v) is 17.4. The lowest BCUT2D eigenvalue weighted by atomic mass is 9.84. The van der Waals surface area contributed by atoms with Crippen LogP contribution in [0.15, 0.2) is 55.0 Å². The number of rotatable bonds is 2. The number of fused-ring (bicyclic) bond motifs is 3. The number of hydrogen-bond acceptors (Lipinski definition) is 4. The van der Waals surface area contributed by atoms with Gasteiger partial charge in [-0.15, -0.1) is 0 Å². The Morgan fingerprint density at radius 2 is 1.55 bits per heavy atom. The molecule has 1 aliphatic heterocycles. The second kappa shape index (κ2) is 6.15. The molecule has 0 saturated carbocycles. The molecule has 0 spiro atoms. The first-order chi connectivity index (χ1) is 13.8. The SMILES string of the molecule is Cn1c2ccncc2c2ccc(-c3ccc(B4OC(C)(C)C(C)(C)O4)nc3)cc21. The fraction of sp³-hybridized carbons (Fsp3) is 0.304. The lowest BCUT2D eigenvalue weighted by molar-refractivity contribution is 0.00578. The van der Waals surface area contributed by atoms with Crippen LogP contribution in [0, 0.1) is 0 Å². The summed E-state index contributed by atoms with van der Waals surface area (Å²) in [4.78, 5) is 8.92. The Hall–Kier alpha value is -2.70. The molecule has 4 aromatic rings. The van der Waals surface area contributed by atoms with Crippen molar-refractivity contribution in [3.8, 4) is 11.1 Å². The van der Waals surface area contributed by atoms with Crippen LogP contribution in [-0.2, 0) is 16.4 Å². The lowest BCUT2D eigenvalue weighted by Crippen LogP contribution is -2.41. The van der Waals surface area contributed by atoms with E-state index in [0.717, 1.165) is 16.7 Å². The molecule has 0 aliphatic carbocycles. The monoisotopic (exact) mass is 385 g/mol. The molecule has 5 rings (SSSR count). The molecule has 0 bridgehead atoms. The second-order valence-electron chi connectivity index (χ2n) is 8.74. The molecule has 146 valence electrons. The summed E-state index contributed by atoms with van der Waals surface area (Å²) in [5.41, 5.74) is 4.62. The van der Waals surface area contributed by atoms with Crippen LogP contribution in [0.1, 0.15) is 27.7 Å². The van der Waals surface area contributed by atoms with E-state index in [4.69, 9.17) is 9.31 Å². The minimum atomic E-state index is -0.442. The minimum Gasteiger partial charge on any atom is -0.398 e. The molecule has 0 radical (unpaired) electrons. The molecule has 5 nitrogen and oxygen atoms in total. The van der Waals surface area contributed by atoms with Gasteiger partial charge in [0.2, 0.25) is 0 Å². The van der Waals surface area contributed by atoms with Crippen LogP contribution in [-0.4, -0.2) is 32.9 Å². The van der Waals surface area contributed by atoms with Gasteiger partial charge in [-0.3, -0.25) is 9.97 Å². The molecule has 1 saturated heterocycles. The third kappa shape index (κ3) is 2.78.